The highest BCUT2D eigenvalue weighted by Crippen LogP contribution is 2.64. The molecule has 0 aliphatic carbocycles. The molecule has 1 atom stereocenters. The Kier molecular flexibility index (Phi) is 9.15. The third-order valence-electron chi connectivity index (χ3n) is 4.33. The van der Waals surface area contributed by atoms with Crippen molar-refractivity contribution in [2.75, 3.05) is 6.61 Å². The van der Waals surface area contributed by atoms with E-state index in [0.29, 0.717) is 0 Å². The largest absolute Gasteiger partial charge is 0.460 e. The van der Waals surface area contributed by atoms with Gasteiger partial charge in [0.2, 0.25) is 0 Å². The van der Waals surface area contributed by atoms with Gasteiger partial charge in [0.15, 0.2) is 0 Å². The molecule has 1 unspecified atom stereocenters. The molecule has 1 N–H and O–H groups in total. The molecule has 0 radical (unpaired) electrons. The third-order valence-corrected chi connectivity index (χ3v) is 4.33. The van der Waals surface area contributed by atoms with Gasteiger partial charge in [-0.05, 0) is 13.3 Å². The molecule has 0 saturated carbocycles. The lowest BCUT2D eigenvalue weighted by Gasteiger charge is -2.42. The lowest BCUT2D eigenvalue weighted by molar-refractivity contribution is -0.461. The number of hydrogen-bond donors (Lipinski definition) is 1. The van der Waals surface area contributed by atoms with Crippen LogP contribution in [0.2, 0.25) is 0 Å². The predicted molar refractivity (Wildman–Crippen MR) is 81.7 cm³/mol. The maximum absolute atomic E-state index is 13.7. The first-order chi connectivity index (χ1) is 15.5. The maximum atomic E-state index is 13.7. The normalized spacial score (nSPS) is 16.1. The van der Waals surface area contributed by atoms with Gasteiger partial charge in [-0.15, -0.1) is 0 Å². The lowest BCUT2D eigenvalue weighted by atomic mass is 9.87. The molecule has 0 spiro atoms. The fraction of sp³-hybridized carbons (Fsp3) is 0.812. The van der Waals surface area contributed by atoms with Crippen LogP contribution in [0.5, 0.6) is 0 Å². The molecule has 20 heteroatoms. The third kappa shape index (κ3) is 5.32. The minimum Gasteiger partial charge on any atom is -0.460 e. The summed E-state index contributed by atoms with van der Waals surface area (Å²) < 4.78 is 227. The summed E-state index contributed by atoms with van der Waals surface area (Å²) in [6.45, 7) is 2.73. The highest BCUT2D eigenvalue weighted by molar-refractivity contribution is 5.86. The molecule has 0 aliphatic rings. The van der Waals surface area contributed by atoms with Gasteiger partial charge in [0.1, 0.15) is 6.61 Å². The van der Waals surface area contributed by atoms with Gasteiger partial charge < -0.3 is 9.84 Å². The molecule has 0 saturated heterocycles. The van der Waals surface area contributed by atoms with Crippen LogP contribution in [0.25, 0.3) is 0 Å². The second-order valence-corrected chi connectivity index (χ2v) is 7.22. The smallest absolute Gasteiger partial charge is 0.460 e. The predicted octanol–water partition coefficient (Wildman–Crippen LogP) is 6.26. The van der Waals surface area contributed by atoms with Gasteiger partial charge in [-0.25, -0.2) is 4.79 Å². The molecule has 3 nitrogen and oxygen atoms in total. The first-order valence-electron chi connectivity index (χ1n) is 8.69. The van der Waals surface area contributed by atoms with Crippen molar-refractivity contribution < 1.29 is 89.3 Å². The van der Waals surface area contributed by atoms with Crippen LogP contribution in [0.4, 0.5) is 74.6 Å². The van der Waals surface area contributed by atoms with E-state index in [-0.39, 0.29) is 5.57 Å². The van der Waals surface area contributed by atoms with E-state index in [0.717, 1.165) is 6.92 Å². The Bertz CT molecular complexity index is 815. The van der Waals surface area contributed by atoms with E-state index in [4.69, 9.17) is 0 Å². The number of halogens is 17. The number of ether oxygens (including phenoxy) is 1. The number of hydrogen-bond acceptors (Lipinski definition) is 3. The van der Waals surface area contributed by atoms with Crippen molar-refractivity contribution in [3.63, 3.8) is 0 Å². The average molecular weight is 576 g/mol. The van der Waals surface area contributed by atoms with Gasteiger partial charge in [0.25, 0.3) is 0 Å². The summed E-state index contributed by atoms with van der Waals surface area (Å²) in [5, 5.41) is 9.24. The van der Waals surface area contributed by atoms with Gasteiger partial charge >= 0.3 is 53.6 Å². The maximum Gasteiger partial charge on any atom is 0.460 e. The molecule has 0 amide bonds. The molecule has 36 heavy (non-hydrogen) atoms. The van der Waals surface area contributed by atoms with Crippen molar-refractivity contribution in [2.24, 2.45) is 0 Å². The van der Waals surface area contributed by atoms with E-state index in [2.05, 4.69) is 11.3 Å². The summed E-state index contributed by atoms with van der Waals surface area (Å²) in [5.74, 6) is -58.3. The summed E-state index contributed by atoms with van der Waals surface area (Å²) in [7, 11) is 0. The van der Waals surface area contributed by atoms with Crippen molar-refractivity contribution in [1.29, 1.82) is 0 Å². The van der Waals surface area contributed by atoms with Gasteiger partial charge in [-0.1, -0.05) is 6.58 Å². The van der Waals surface area contributed by atoms with Crippen LogP contribution in [0.15, 0.2) is 12.2 Å². The molecule has 0 aromatic rings. The van der Waals surface area contributed by atoms with Gasteiger partial charge in [-0.2, -0.15) is 74.6 Å². The van der Waals surface area contributed by atoms with Crippen LogP contribution in [0.1, 0.15) is 19.8 Å². The van der Waals surface area contributed by atoms with Crippen LogP contribution in [-0.4, -0.2) is 71.4 Å². The Morgan fingerprint density at radius 3 is 1.36 bits per heavy atom. The van der Waals surface area contributed by atoms with Crippen molar-refractivity contribution in [2.45, 2.75) is 73.5 Å². The zero-order valence-corrected chi connectivity index (χ0v) is 17.1. The van der Waals surface area contributed by atoms with Crippen molar-refractivity contribution in [3.8, 4) is 0 Å². The van der Waals surface area contributed by atoms with Crippen LogP contribution in [-0.2, 0) is 9.53 Å². The molecule has 0 aliphatic heterocycles. The molecule has 214 valence electrons. The van der Waals surface area contributed by atoms with Gasteiger partial charge in [-0.3, -0.25) is 0 Å². The van der Waals surface area contributed by atoms with Crippen LogP contribution >= 0.6 is 0 Å². The fourth-order valence-corrected chi connectivity index (χ4v) is 2.08. The van der Waals surface area contributed by atoms with E-state index >= 15 is 0 Å². The Balaban J connectivity index is 6.16. The molecule has 0 aromatic heterocycles. The molecule has 0 fully saturated rings. The Labute approximate surface area is 188 Å². The molecule has 0 rings (SSSR count). The topological polar surface area (TPSA) is 46.5 Å². The highest BCUT2D eigenvalue weighted by Gasteiger charge is 2.95. The first kappa shape index (κ1) is 34.0. The van der Waals surface area contributed by atoms with Gasteiger partial charge in [0.05, 0.1) is 6.10 Å². The van der Waals surface area contributed by atoms with Crippen LogP contribution in [0.3, 0.4) is 0 Å². The SMILES string of the molecule is C=C(C)C(=O)OCC(O)CCC(F)(F)C(F)(F)C(F)(F)C(F)(F)C(F)(F)C(F)(F)C(F)(F)C(F)(F)F. The monoisotopic (exact) mass is 576 g/mol. The number of alkyl halides is 17. The first-order valence-corrected chi connectivity index (χ1v) is 8.69. The number of carbonyl (C=O) groups excluding carboxylic acids is 1. The number of aliphatic hydroxyl groups excluding tert-OH is 1. The highest BCUT2D eigenvalue weighted by atomic mass is 19.4. The van der Waals surface area contributed by atoms with Gasteiger partial charge in [0, 0.05) is 12.0 Å². The van der Waals surface area contributed by atoms with Crippen molar-refractivity contribution >= 4 is 5.97 Å². The number of esters is 1. The Hall–Kier alpha value is -2.02. The molecular weight excluding hydrogens is 563 g/mol. The number of aliphatic hydroxyl groups is 1. The van der Waals surface area contributed by atoms with Crippen molar-refractivity contribution in [3.05, 3.63) is 12.2 Å². The summed E-state index contributed by atoms with van der Waals surface area (Å²) in [5.41, 5.74) is -0.352. The summed E-state index contributed by atoms with van der Waals surface area (Å²) in [6, 6.07) is 0. The number of carbonyl (C=O) groups is 1. The Morgan fingerprint density at radius 1 is 0.694 bits per heavy atom. The fourth-order valence-electron chi connectivity index (χ4n) is 2.08. The minimum atomic E-state index is -8.70. The standard InChI is InChI=1S/C16H13F17O3/c1-6(2)8(35)36-5-7(34)3-4-9(17,18)10(19,20)11(21,22)12(23,24)13(25,26)14(27,28)15(29,30)16(31,32)33/h7,34H,1,3-5H2,2H3. The average Bonchev–Trinajstić information content (AvgIpc) is 2.68. The van der Waals surface area contributed by atoms with Crippen LogP contribution < -0.4 is 0 Å². The summed E-state index contributed by atoms with van der Waals surface area (Å²) in [4.78, 5) is 11.0. The van der Waals surface area contributed by atoms with Crippen LogP contribution in [0, 0.1) is 0 Å². The second-order valence-electron chi connectivity index (χ2n) is 7.22. The molecule has 0 heterocycles. The molecule has 0 bridgehead atoms. The van der Waals surface area contributed by atoms with E-state index in [1.165, 1.54) is 0 Å². The number of rotatable bonds is 12. The Morgan fingerprint density at radius 2 is 1.03 bits per heavy atom. The van der Waals surface area contributed by atoms with E-state index in [1.54, 1.807) is 0 Å². The van der Waals surface area contributed by atoms with Crippen molar-refractivity contribution in [1.82, 2.24) is 0 Å². The summed E-state index contributed by atoms with van der Waals surface area (Å²) >= 11 is 0. The van der Waals surface area contributed by atoms with E-state index in [9.17, 15) is 84.5 Å². The van der Waals surface area contributed by atoms with E-state index in [1.807, 2.05) is 0 Å². The quantitative estimate of drug-likeness (QED) is 0.170. The summed E-state index contributed by atoms with van der Waals surface area (Å²) in [6.07, 6.45) is -14.9. The molecular formula is C16H13F17O3. The zero-order chi connectivity index (χ0) is 29.6. The second kappa shape index (κ2) is 9.70. The van der Waals surface area contributed by atoms with E-state index < -0.39 is 79.2 Å². The minimum absolute atomic E-state index is 0.352. The molecule has 0 aromatic carbocycles. The zero-order valence-electron chi connectivity index (χ0n) is 17.1. The lowest BCUT2D eigenvalue weighted by Crippen LogP contribution is -2.74.